The molecule has 1 aliphatic heterocycles. The number of aromatic nitrogens is 6. The van der Waals surface area contributed by atoms with Crippen molar-refractivity contribution in [2.24, 2.45) is 0 Å². The van der Waals surface area contributed by atoms with E-state index in [4.69, 9.17) is 63.9 Å². The normalized spacial score (nSPS) is 13.1. The van der Waals surface area contributed by atoms with Crippen LogP contribution in [0.2, 0.25) is 0 Å². The van der Waals surface area contributed by atoms with Crippen LogP contribution < -0.4 is 31.4 Å². The lowest BCUT2D eigenvalue weighted by Gasteiger charge is -2.24. The molecule has 9 aromatic rings. The summed E-state index contributed by atoms with van der Waals surface area (Å²) in [5.41, 5.74) is 23.1. The maximum atomic E-state index is 14.0. The van der Waals surface area contributed by atoms with Gasteiger partial charge in [0.15, 0.2) is 40.5 Å². The van der Waals surface area contributed by atoms with Crippen molar-refractivity contribution in [3.05, 3.63) is 186 Å². The molecule has 0 spiro atoms. The van der Waals surface area contributed by atoms with Gasteiger partial charge < -0.3 is 78.6 Å². The number of halogens is 5. The van der Waals surface area contributed by atoms with Gasteiger partial charge >= 0.3 is 24.1 Å². The third-order valence-corrected chi connectivity index (χ3v) is 17.1. The number of nitrogens with two attached hydrogens (primary N) is 3. The van der Waals surface area contributed by atoms with Crippen molar-refractivity contribution in [2.45, 2.75) is 151 Å². The molecule has 1 aliphatic rings. The predicted octanol–water partition coefficient (Wildman–Crippen LogP) is 15.9. The number of pyridine rings is 3. The maximum Gasteiger partial charge on any atom is 0.410 e. The van der Waals surface area contributed by atoms with Crippen LogP contribution in [-0.4, -0.2) is 122 Å². The average molecular weight is 1610 g/mol. The highest BCUT2D eigenvalue weighted by Gasteiger charge is 2.30. The monoisotopic (exact) mass is 1610 g/mol. The van der Waals surface area contributed by atoms with Crippen LogP contribution in [0.15, 0.2) is 114 Å². The van der Waals surface area contributed by atoms with Gasteiger partial charge in [-0.05, 0) is 167 Å². The molecule has 572 valence electrons. The van der Waals surface area contributed by atoms with E-state index in [1.54, 1.807) is 93.3 Å². The zero-order valence-corrected chi connectivity index (χ0v) is 65.6. The fraction of sp³-hybridized carbons (Fsp3) is 0.373. The molecule has 0 aliphatic carbocycles. The molecule has 3 amide bonds. The van der Waals surface area contributed by atoms with E-state index in [9.17, 15) is 37.1 Å². The summed E-state index contributed by atoms with van der Waals surface area (Å²) in [7, 11) is 7.45. The van der Waals surface area contributed by atoms with Crippen LogP contribution in [-0.2, 0) is 57.8 Å². The second kappa shape index (κ2) is 36.5. The molecule has 6 N–H and O–H groups in total. The number of hydrogen-bond donors (Lipinski definition) is 3. The summed E-state index contributed by atoms with van der Waals surface area (Å²) >= 11 is 6.69. The highest BCUT2D eigenvalue weighted by atomic mass is 79.9. The zero-order valence-electron chi connectivity index (χ0n) is 62.4. The van der Waals surface area contributed by atoms with Gasteiger partial charge in [-0.1, -0.05) is 36.2 Å². The summed E-state index contributed by atoms with van der Waals surface area (Å²) in [5.74, 6) is 0.543. The number of carbonyl (C=O) groups excluding carboxylic acids is 5. The Morgan fingerprint density at radius 1 is 0.617 bits per heavy atom. The number of carbonyl (C=O) groups is 5. The van der Waals surface area contributed by atoms with Gasteiger partial charge in [-0.3, -0.25) is 4.79 Å². The summed E-state index contributed by atoms with van der Waals surface area (Å²) in [6.07, 6.45) is 3.72. The number of nitrogen functional groups attached to an aromatic ring is 3. The van der Waals surface area contributed by atoms with E-state index < -0.39 is 65.0 Å². The van der Waals surface area contributed by atoms with E-state index >= 15 is 0 Å². The number of ether oxygens (including phenoxy) is 7. The standard InChI is InChI=1S/C27H33FN4O6.C21H21FN4O3.C15H14BrFN2O3.C12H19BrN2O3/c1-8-21-23(20(31-38-21)14-32(6)26(34)37-27(3,4)5)16-11-22(24(29)30-13-16)36-15(2)19-12-17(28)9-10-18(19)25(33)35-7;1-4-17-19-12-7-18(20(23)24-9-12)28-11(2)15-8-13(22)5-6-14(15)21(27)26(3)10-16(19)25-29-17;1-8(22-13-5-9(16)7-19-14(13)18)12-6-10(17)3-4-11(12)15(20)21-2;1-6-9-10(13)8(14-18-9)7-15(5)11(16)17-12(2,3)4/h9-13,15H,8,14H2,1-7H3,(H2,29,30);5-9,11H,4,10H2,1-3H3,(H2,23,24);3-8H,1-2H3,(H2,18,19);6-7H2,1-5H3/t15-;11-;;/m11../s1. The van der Waals surface area contributed by atoms with Gasteiger partial charge in [-0.25, -0.2) is 47.3 Å². The van der Waals surface area contributed by atoms with Gasteiger partial charge in [0.1, 0.15) is 75.6 Å². The van der Waals surface area contributed by atoms with Gasteiger partial charge in [-0.2, -0.15) is 0 Å². The molecule has 3 atom stereocenters. The lowest BCUT2D eigenvalue weighted by Crippen LogP contribution is -2.34. The fourth-order valence-electron chi connectivity index (χ4n) is 10.6. The van der Waals surface area contributed by atoms with Crippen LogP contribution in [0.25, 0.3) is 22.3 Å². The molecule has 0 saturated heterocycles. The number of amides is 3. The molecule has 32 heteroatoms. The van der Waals surface area contributed by atoms with Crippen molar-refractivity contribution >= 4 is 79.3 Å². The van der Waals surface area contributed by atoms with Gasteiger partial charge in [-0.15, -0.1) is 0 Å². The first-order valence-electron chi connectivity index (χ1n) is 33.6. The number of methoxy groups -OCH3 is 2. The third kappa shape index (κ3) is 21.9. The van der Waals surface area contributed by atoms with Crippen LogP contribution in [0.5, 0.6) is 17.2 Å². The molecule has 0 radical (unpaired) electrons. The van der Waals surface area contributed by atoms with Crippen LogP contribution in [0.3, 0.4) is 0 Å². The Bertz CT molecular complexity index is 4660. The van der Waals surface area contributed by atoms with E-state index in [1.807, 2.05) is 41.5 Å². The molecule has 7 heterocycles. The largest absolute Gasteiger partial charge is 0.482 e. The van der Waals surface area contributed by atoms with Crippen LogP contribution >= 0.6 is 31.9 Å². The van der Waals surface area contributed by atoms with Crippen molar-refractivity contribution in [2.75, 3.05) is 52.6 Å². The SMILES string of the molecule is CCc1onc(CN(C)C(=O)OC(C)(C)C)c1-c1cnc(N)c(O[C@H](C)c2cc(F)ccc2C(=O)OC)c1.CCc1onc(CN(C)C(=O)OC(C)(C)C)c1Br.CCc1onc2c1-c1cnc(N)c(c1)O[C@H](C)c1cc(F)ccc1C(=O)N(C)C2.COC(=O)c1ccc(F)cc1C(C)Oc1cc(Br)cnc1N. The topological polar surface area (TPSA) is 354 Å². The van der Waals surface area contributed by atoms with Crippen molar-refractivity contribution in [1.82, 2.24) is 45.1 Å². The van der Waals surface area contributed by atoms with E-state index in [0.29, 0.717) is 97.3 Å². The van der Waals surface area contributed by atoms with E-state index in [1.165, 1.54) is 89.7 Å². The Kier molecular flexibility index (Phi) is 28.5. The minimum absolute atomic E-state index is 0.0959. The lowest BCUT2D eigenvalue weighted by molar-refractivity contribution is 0.0272. The second-order valence-corrected chi connectivity index (χ2v) is 28.0. The first kappa shape index (κ1) is 83.5. The summed E-state index contributed by atoms with van der Waals surface area (Å²) in [5, 5.41) is 12.3. The van der Waals surface area contributed by atoms with Gasteiger partial charge in [0.25, 0.3) is 5.91 Å². The summed E-state index contributed by atoms with van der Waals surface area (Å²) in [6, 6.07) is 16.6. The van der Waals surface area contributed by atoms with E-state index in [2.05, 4.69) is 62.3 Å². The van der Waals surface area contributed by atoms with Crippen LogP contribution in [0.4, 0.5) is 40.2 Å². The molecule has 27 nitrogen and oxygen atoms in total. The van der Waals surface area contributed by atoms with Crippen molar-refractivity contribution in [3.63, 3.8) is 0 Å². The number of anilines is 3. The third-order valence-electron chi connectivity index (χ3n) is 15.8. The maximum absolute atomic E-state index is 14.0. The minimum atomic E-state index is -0.773. The lowest BCUT2D eigenvalue weighted by atomic mass is 10.00. The van der Waals surface area contributed by atoms with Crippen LogP contribution in [0, 0.1) is 17.5 Å². The Hall–Kier alpha value is -10.8. The van der Waals surface area contributed by atoms with Gasteiger partial charge in [0.2, 0.25) is 0 Å². The average Bonchev–Trinajstić information content (AvgIpc) is 1.37. The zero-order chi connectivity index (χ0) is 79.1. The molecule has 0 saturated carbocycles. The highest BCUT2D eigenvalue weighted by Crippen LogP contribution is 2.39. The molecular weight excluding hydrogens is 1530 g/mol. The molecule has 2 bridgehead atoms. The number of rotatable bonds is 16. The number of esters is 2. The van der Waals surface area contributed by atoms with Crippen LogP contribution in [0.1, 0.15) is 184 Å². The fourth-order valence-corrected chi connectivity index (χ4v) is 11.4. The smallest absolute Gasteiger partial charge is 0.410 e. The molecule has 0 fully saturated rings. The quantitative estimate of drug-likeness (QED) is 0.0597. The van der Waals surface area contributed by atoms with Gasteiger partial charge in [0.05, 0.1) is 60.6 Å². The molecule has 3 aromatic carbocycles. The summed E-state index contributed by atoms with van der Waals surface area (Å²) in [4.78, 5) is 78.2. The first-order valence-corrected chi connectivity index (χ1v) is 35.2. The van der Waals surface area contributed by atoms with Gasteiger partial charge in [0, 0.05) is 96.8 Å². The highest BCUT2D eigenvalue weighted by molar-refractivity contribution is 9.10. The first-order chi connectivity index (χ1) is 50.4. The molecule has 6 aromatic heterocycles. The second-order valence-electron chi connectivity index (χ2n) is 26.3. The Balaban J connectivity index is 0.000000207. The van der Waals surface area contributed by atoms with Crippen molar-refractivity contribution in [1.29, 1.82) is 0 Å². The molecule has 107 heavy (non-hydrogen) atoms. The minimum Gasteiger partial charge on any atom is -0.482 e. The number of benzene rings is 3. The number of nitrogens with zero attached hydrogens (tertiary/aromatic N) is 9. The number of fused-ring (bicyclic) bond motifs is 5. The predicted molar refractivity (Wildman–Crippen MR) is 397 cm³/mol. The molecule has 10 rings (SSSR count). The summed E-state index contributed by atoms with van der Waals surface area (Å²) in [6.45, 7) is 22.5. The van der Waals surface area contributed by atoms with E-state index in [0.717, 1.165) is 27.8 Å². The summed E-state index contributed by atoms with van der Waals surface area (Å²) < 4.78 is 97.2. The Labute approximate surface area is 634 Å². The molecular formula is C75H87Br2F3N12O15. The number of hydrogen-bond acceptors (Lipinski definition) is 24. The Morgan fingerprint density at radius 2 is 1.07 bits per heavy atom. The molecule has 1 unspecified atom stereocenters. The van der Waals surface area contributed by atoms with Crippen molar-refractivity contribution in [3.8, 4) is 39.5 Å². The van der Waals surface area contributed by atoms with Crippen molar-refractivity contribution < 1.29 is 83.9 Å². The van der Waals surface area contributed by atoms with E-state index in [-0.39, 0.29) is 59.4 Å². The Morgan fingerprint density at radius 3 is 1.58 bits per heavy atom. The number of aryl methyl sites for hydroxylation is 3.